The Bertz CT molecular complexity index is 397. The molecule has 0 aliphatic carbocycles. The van der Waals surface area contributed by atoms with Crippen LogP contribution in [0.2, 0.25) is 0 Å². The molecule has 0 atom stereocenters. The zero-order chi connectivity index (χ0) is 13.3. The van der Waals surface area contributed by atoms with E-state index >= 15 is 0 Å². The van der Waals surface area contributed by atoms with Gasteiger partial charge in [-0.1, -0.05) is 0 Å². The molecule has 0 spiro atoms. The van der Waals surface area contributed by atoms with E-state index in [2.05, 4.69) is 4.74 Å². The molecule has 1 nitrogen and oxygen atoms in total. The van der Waals surface area contributed by atoms with E-state index in [1.165, 1.54) is 6.26 Å². The Hall–Kier alpha value is -1.05. The molecule has 0 heterocycles. The van der Waals surface area contributed by atoms with Gasteiger partial charge >= 0.3 is 12.5 Å². The summed E-state index contributed by atoms with van der Waals surface area (Å²) in [5.41, 5.74) is -1.45. The molecule has 0 radical (unpaired) electrons. The molecule has 0 saturated heterocycles. The highest BCUT2D eigenvalue weighted by molar-refractivity contribution is 7.98. The third-order valence-corrected chi connectivity index (χ3v) is 2.45. The fourth-order valence-electron chi connectivity index (χ4n) is 1.07. The van der Waals surface area contributed by atoms with Crippen LogP contribution in [0.4, 0.5) is 26.3 Å². The summed E-state index contributed by atoms with van der Waals surface area (Å²) in [5.74, 6) is -1.24. The smallest absolute Gasteiger partial charge is 0.405 e. The van der Waals surface area contributed by atoms with Gasteiger partial charge in [-0.25, -0.2) is 0 Å². The van der Waals surface area contributed by atoms with E-state index in [1.54, 1.807) is 0 Å². The lowest BCUT2D eigenvalue weighted by molar-refractivity contribution is -0.276. The highest BCUT2D eigenvalue weighted by Crippen LogP contribution is 2.39. The van der Waals surface area contributed by atoms with Crippen LogP contribution in [0.25, 0.3) is 0 Å². The quantitative estimate of drug-likeness (QED) is 0.587. The van der Waals surface area contributed by atoms with Gasteiger partial charge in [0.25, 0.3) is 0 Å². The van der Waals surface area contributed by atoms with Crippen LogP contribution in [0.15, 0.2) is 23.1 Å². The summed E-state index contributed by atoms with van der Waals surface area (Å²) in [6.45, 7) is 0. The number of alkyl halides is 6. The maximum atomic E-state index is 12.4. The van der Waals surface area contributed by atoms with Crippen molar-refractivity contribution in [2.24, 2.45) is 0 Å². The van der Waals surface area contributed by atoms with Crippen LogP contribution in [0.3, 0.4) is 0 Å². The molecule has 0 bridgehead atoms. The van der Waals surface area contributed by atoms with Crippen molar-refractivity contribution in [3.05, 3.63) is 23.8 Å². The normalized spacial score (nSPS) is 12.6. The zero-order valence-corrected chi connectivity index (χ0v) is 9.13. The van der Waals surface area contributed by atoms with Crippen LogP contribution in [0.5, 0.6) is 5.75 Å². The van der Waals surface area contributed by atoms with Gasteiger partial charge in [0, 0.05) is 4.90 Å². The Kier molecular flexibility index (Phi) is 3.85. The van der Waals surface area contributed by atoms with Gasteiger partial charge in [-0.05, 0) is 24.5 Å². The minimum Gasteiger partial charge on any atom is -0.405 e. The average Bonchev–Trinajstić information content (AvgIpc) is 2.13. The Labute approximate surface area is 96.8 Å². The molecule has 96 valence electrons. The van der Waals surface area contributed by atoms with Crippen LogP contribution >= 0.6 is 11.8 Å². The number of rotatable bonds is 2. The predicted molar refractivity (Wildman–Crippen MR) is 49.9 cm³/mol. The van der Waals surface area contributed by atoms with E-state index in [-0.39, 0.29) is 4.90 Å². The lowest BCUT2D eigenvalue weighted by Gasteiger charge is -2.15. The summed E-state index contributed by atoms with van der Waals surface area (Å²) in [5, 5.41) is 0. The summed E-state index contributed by atoms with van der Waals surface area (Å²) in [6, 6.07) is 2.35. The lowest BCUT2D eigenvalue weighted by atomic mass is 10.2. The Balaban J connectivity index is 3.22. The van der Waals surface area contributed by atoms with Gasteiger partial charge in [0.2, 0.25) is 0 Å². The third kappa shape index (κ3) is 4.03. The van der Waals surface area contributed by atoms with Crippen molar-refractivity contribution in [2.45, 2.75) is 17.4 Å². The van der Waals surface area contributed by atoms with E-state index in [4.69, 9.17) is 0 Å². The second kappa shape index (κ2) is 4.67. The van der Waals surface area contributed by atoms with Crippen molar-refractivity contribution in [1.82, 2.24) is 0 Å². The molecule has 0 aromatic heterocycles. The van der Waals surface area contributed by atoms with Gasteiger partial charge in [-0.2, -0.15) is 13.2 Å². The van der Waals surface area contributed by atoms with E-state index < -0.39 is 23.9 Å². The second-order valence-electron chi connectivity index (χ2n) is 2.91. The minimum absolute atomic E-state index is 0.247. The Morgan fingerprint density at radius 1 is 1.06 bits per heavy atom. The molecule has 0 amide bonds. The maximum Gasteiger partial charge on any atom is 0.573 e. The maximum absolute atomic E-state index is 12.4. The van der Waals surface area contributed by atoms with Gasteiger partial charge in [0.1, 0.15) is 5.75 Å². The molecule has 1 rings (SSSR count). The highest BCUT2D eigenvalue weighted by Gasteiger charge is 2.39. The molecule has 1 aromatic rings. The average molecular weight is 276 g/mol. The van der Waals surface area contributed by atoms with Crippen LogP contribution in [-0.4, -0.2) is 12.6 Å². The fourth-order valence-corrected chi connectivity index (χ4v) is 1.50. The topological polar surface area (TPSA) is 9.23 Å². The molecular weight excluding hydrogens is 270 g/mol. The van der Waals surface area contributed by atoms with Crippen molar-refractivity contribution in [3.63, 3.8) is 0 Å². The number of halogens is 6. The molecule has 0 N–H and O–H groups in total. The summed E-state index contributed by atoms with van der Waals surface area (Å²) in [6.07, 6.45) is -8.52. The van der Waals surface area contributed by atoms with E-state index in [1.807, 2.05) is 0 Å². The number of hydrogen-bond acceptors (Lipinski definition) is 2. The molecule has 0 aliphatic rings. The van der Waals surface area contributed by atoms with Crippen LogP contribution in [-0.2, 0) is 6.18 Å². The summed E-state index contributed by atoms with van der Waals surface area (Å²) >= 11 is 1.01. The van der Waals surface area contributed by atoms with Crippen molar-refractivity contribution in [3.8, 4) is 5.75 Å². The monoisotopic (exact) mass is 276 g/mol. The third-order valence-electron chi connectivity index (χ3n) is 1.72. The Morgan fingerprint density at radius 2 is 1.65 bits per heavy atom. The summed E-state index contributed by atoms with van der Waals surface area (Å²) in [4.78, 5) is 0.247. The fraction of sp³-hybridized carbons (Fsp3) is 0.333. The standard InChI is InChI=1S/C9H6F6OS/c1-17-5-2-3-6(8(10,11)12)7(4-5)16-9(13,14)15/h2-4H,1H3. The largest absolute Gasteiger partial charge is 0.573 e. The van der Waals surface area contributed by atoms with Crippen LogP contribution in [0, 0.1) is 0 Å². The summed E-state index contributed by atoms with van der Waals surface area (Å²) < 4.78 is 76.4. The molecule has 0 unspecified atom stereocenters. The predicted octanol–water partition coefficient (Wildman–Crippen LogP) is 4.33. The number of thioether (sulfide) groups is 1. The van der Waals surface area contributed by atoms with E-state index in [0.717, 1.165) is 17.8 Å². The van der Waals surface area contributed by atoms with Gasteiger partial charge < -0.3 is 4.74 Å². The SMILES string of the molecule is CSc1ccc(C(F)(F)F)c(OC(F)(F)F)c1. The van der Waals surface area contributed by atoms with Gasteiger partial charge in [0.15, 0.2) is 0 Å². The second-order valence-corrected chi connectivity index (χ2v) is 3.79. The number of hydrogen-bond donors (Lipinski definition) is 0. The van der Waals surface area contributed by atoms with E-state index in [9.17, 15) is 26.3 Å². The van der Waals surface area contributed by atoms with Crippen LogP contribution in [0.1, 0.15) is 5.56 Å². The van der Waals surface area contributed by atoms with Crippen molar-refractivity contribution >= 4 is 11.8 Å². The molecule has 0 aliphatic heterocycles. The highest BCUT2D eigenvalue weighted by atomic mass is 32.2. The van der Waals surface area contributed by atoms with Gasteiger partial charge in [-0.15, -0.1) is 24.9 Å². The van der Waals surface area contributed by atoms with Crippen molar-refractivity contribution < 1.29 is 31.1 Å². The van der Waals surface area contributed by atoms with Gasteiger partial charge in [0.05, 0.1) is 5.56 Å². The molecule has 0 saturated carbocycles. The summed E-state index contributed by atoms with van der Waals surface area (Å²) in [7, 11) is 0. The first kappa shape index (κ1) is 14.0. The van der Waals surface area contributed by atoms with Crippen molar-refractivity contribution in [1.29, 1.82) is 0 Å². The number of ether oxygens (including phenoxy) is 1. The van der Waals surface area contributed by atoms with Crippen LogP contribution < -0.4 is 4.74 Å². The van der Waals surface area contributed by atoms with Crippen molar-refractivity contribution in [2.75, 3.05) is 6.26 Å². The van der Waals surface area contributed by atoms with E-state index in [0.29, 0.717) is 12.1 Å². The molecule has 8 heteroatoms. The first-order valence-corrected chi connectivity index (χ1v) is 5.37. The Morgan fingerprint density at radius 3 is 2.06 bits per heavy atom. The lowest BCUT2D eigenvalue weighted by Crippen LogP contribution is -2.20. The number of benzene rings is 1. The van der Waals surface area contributed by atoms with Gasteiger partial charge in [-0.3, -0.25) is 0 Å². The first-order chi connectivity index (χ1) is 7.63. The molecule has 1 aromatic carbocycles. The molecule has 17 heavy (non-hydrogen) atoms. The minimum atomic E-state index is -5.16. The molecule has 0 fully saturated rings. The first-order valence-electron chi connectivity index (χ1n) is 4.14. The zero-order valence-electron chi connectivity index (χ0n) is 8.32. The molecular formula is C9H6F6OS.